The summed E-state index contributed by atoms with van der Waals surface area (Å²) >= 11 is 0. The molecule has 36 heavy (non-hydrogen) atoms. The lowest BCUT2D eigenvalue weighted by atomic mass is 9.76. The van der Waals surface area contributed by atoms with Crippen molar-refractivity contribution in [3.05, 3.63) is 82.9 Å². The molecular formula is C29H30F4O3. The number of aliphatic hydroxyl groups is 1. The smallest absolute Gasteiger partial charge is 0.201 e. The molecule has 0 aliphatic heterocycles. The van der Waals surface area contributed by atoms with Gasteiger partial charge in [-0.25, -0.2) is 13.2 Å². The second kappa shape index (κ2) is 11.3. The van der Waals surface area contributed by atoms with Crippen LogP contribution >= 0.6 is 0 Å². The summed E-state index contributed by atoms with van der Waals surface area (Å²) < 4.78 is 68.9. The zero-order chi connectivity index (χ0) is 25.8. The lowest BCUT2D eigenvalue weighted by Crippen LogP contribution is -2.23. The Morgan fingerprint density at radius 2 is 1.50 bits per heavy atom. The van der Waals surface area contributed by atoms with Gasteiger partial charge in [-0.05, 0) is 86.8 Å². The lowest BCUT2D eigenvalue weighted by molar-refractivity contribution is 0.0964. The minimum absolute atomic E-state index is 0.0335. The van der Waals surface area contributed by atoms with E-state index in [9.17, 15) is 18.3 Å². The Labute approximate surface area is 208 Å². The van der Waals surface area contributed by atoms with E-state index in [1.165, 1.54) is 12.1 Å². The van der Waals surface area contributed by atoms with Crippen molar-refractivity contribution in [2.24, 2.45) is 5.92 Å². The van der Waals surface area contributed by atoms with Crippen LogP contribution in [-0.2, 0) is 6.61 Å². The van der Waals surface area contributed by atoms with Gasteiger partial charge in [-0.1, -0.05) is 24.3 Å². The summed E-state index contributed by atoms with van der Waals surface area (Å²) in [7, 11) is 0. The molecule has 3 aromatic carbocycles. The van der Waals surface area contributed by atoms with Gasteiger partial charge in [0.15, 0.2) is 23.2 Å². The summed E-state index contributed by atoms with van der Waals surface area (Å²) in [6.45, 7) is 3.46. The van der Waals surface area contributed by atoms with Crippen molar-refractivity contribution in [1.82, 2.24) is 0 Å². The maximum Gasteiger partial charge on any atom is 0.201 e. The van der Waals surface area contributed by atoms with Crippen molar-refractivity contribution in [1.29, 1.82) is 0 Å². The third-order valence-corrected chi connectivity index (χ3v) is 6.99. The van der Waals surface area contributed by atoms with Crippen LogP contribution in [0.4, 0.5) is 17.6 Å². The molecule has 1 N–H and O–H groups in total. The topological polar surface area (TPSA) is 38.7 Å². The molecule has 7 heteroatoms. The first-order chi connectivity index (χ1) is 17.3. The van der Waals surface area contributed by atoms with Crippen LogP contribution in [-0.4, -0.2) is 17.8 Å². The van der Waals surface area contributed by atoms with E-state index in [4.69, 9.17) is 9.47 Å². The molecule has 4 rings (SSSR count). The van der Waals surface area contributed by atoms with Crippen LogP contribution in [0.2, 0.25) is 0 Å². The highest BCUT2D eigenvalue weighted by Gasteiger charge is 2.28. The Bertz CT molecular complexity index is 1190. The molecule has 0 spiro atoms. The predicted octanol–water partition coefficient (Wildman–Crippen LogP) is 7.54. The highest BCUT2D eigenvalue weighted by Crippen LogP contribution is 2.40. The van der Waals surface area contributed by atoms with Crippen LogP contribution in [0, 0.1) is 29.2 Å². The Hall–Kier alpha value is -3.06. The second-order valence-corrected chi connectivity index (χ2v) is 9.28. The van der Waals surface area contributed by atoms with Gasteiger partial charge >= 0.3 is 0 Å². The van der Waals surface area contributed by atoms with E-state index in [1.807, 2.05) is 0 Å². The van der Waals surface area contributed by atoms with Crippen molar-refractivity contribution in [3.8, 4) is 22.6 Å². The third kappa shape index (κ3) is 5.51. The van der Waals surface area contributed by atoms with Gasteiger partial charge in [0.25, 0.3) is 0 Å². The van der Waals surface area contributed by atoms with Gasteiger partial charge in [-0.2, -0.15) is 4.39 Å². The Morgan fingerprint density at radius 3 is 2.14 bits per heavy atom. The zero-order valence-corrected chi connectivity index (χ0v) is 20.4. The van der Waals surface area contributed by atoms with Gasteiger partial charge in [0.05, 0.1) is 12.7 Å². The molecule has 0 saturated heterocycles. The predicted molar refractivity (Wildman–Crippen MR) is 130 cm³/mol. The van der Waals surface area contributed by atoms with Crippen molar-refractivity contribution in [2.75, 3.05) is 6.61 Å². The summed E-state index contributed by atoms with van der Waals surface area (Å²) in [5.74, 6) is -3.46. The number of hydrogen-bond acceptors (Lipinski definition) is 3. The van der Waals surface area contributed by atoms with Crippen molar-refractivity contribution >= 4 is 0 Å². The quantitative estimate of drug-likeness (QED) is 0.324. The van der Waals surface area contributed by atoms with Gasteiger partial charge < -0.3 is 14.6 Å². The van der Waals surface area contributed by atoms with E-state index in [0.29, 0.717) is 16.9 Å². The van der Waals surface area contributed by atoms with Gasteiger partial charge in [0.1, 0.15) is 12.4 Å². The minimum Gasteiger partial charge on any atom is -0.491 e. The number of benzene rings is 3. The zero-order valence-electron chi connectivity index (χ0n) is 20.4. The van der Waals surface area contributed by atoms with E-state index in [-0.39, 0.29) is 48.0 Å². The third-order valence-electron chi connectivity index (χ3n) is 6.99. The summed E-state index contributed by atoms with van der Waals surface area (Å²) in [4.78, 5) is 0. The Balaban J connectivity index is 1.44. The number of ether oxygens (including phenoxy) is 2. The van der Waals surface area contributed by atoms with Crippen LogP contribution in [0.15, 0.2) is 48.5 Å². The van der Waals surface area contributed by atoms with Crippen LogP contribution in [0.1, 0.15) is 56.6 Å². The number of rotatable bonds is 8. The van der Waals surface area contributed by atoms with Gasteiger partial charge in [0, 0.05) is 11.1 Å². The van der Waals surface area contributed by atoms with Crippen LogP contribution < -0.4 is 9.47 Å². The fourth-order valence-corrected chi connectivity index (χ4v) is 4.86. The summed E-state index contributed by atoms with van der Waals surface area (Å²) in [5.41, 5.74) is 1.03. The fraction of sp³-hybridized carbons (Fsp3) is 0.379. The molecule has 0 heterocycles. The van der Waals surface area contributed by atoms with Gasteiger partial charge in [-0.15, -0.1) is 0 Å². The normalized spacial score (nSPS) is 18.6. The molecule has 1 fully saturated rings. The molecule has 1 saturated carbocycles. The summed E-state index contributed by atoms with van der Waals surface area (Å²) in [6.07, 6.45) is 2.63. The van der Waals surface area contributed by atoms with Crippen LogP contribution in [0.5, 0.6) is 11.5 Å². The molecule has 192 valence electrons. The lowest BCUT2D eigenvalue weighted by Gasteiger charge is -2.30. The minimum atomic E-state index is -1.06. The molecule has 1 atom stereocenters. The van der Waals surface area contributed by atoms with Crippen molar-refractivity contribution < 1.29 is 32.1 Å². The highest BCUT2D eigenvalue weighted by molar-refractivity contribution is 5.65. The maximum atomic E-state index is 15.0. The van der Waals surface area contributed by atoms with Crippen molar-refractivity contribution in [2.45, 2.75) is 58.2 Å². The molecular weight excluding hydrogens is 472 g/mol. The van der Waals surface area contributed by atoms with E-state index >= 15 is 4.39 Å². The molecule has 1 aliphatic carbocycles. The first-order valence-electron chi connectivity index (χ1n) is 12.3. The Kier molecular flexibility index (Phi) is 8.19. The largest absolute Gasteiger partial charge is 0.491 e. The number of hydrogen-bond donors (Lipinski definition) is 1. The molecule has 0 amide bonds. The van der Waals surface area contributed by atoms with Gasteiger partial charge in [0.2, 0.25) is 5.82 Å². The SMILES string of the molecule is CCOc1ccc(COc2ccc(-c3ccc(C4CCC(C(C)O)CC4)c(F)c3F)cc2)c(F)c1F. The molecule has 1 aliphatic rings. The average Bonchev–Trinajstić information content (AvgIpc) is 2.88. The Morgan fingerprint density at radius 1 is 0.806 bits per heavy atom. The first-order valence-corrected chi connectivity index (χ1v) is 12.3. The average molecular weight is 503 g/mol. The first kappa shape index (κ1) is 26.0. The molecule has 3 nitrogen and oxygen atoms in total. The second-order valence-electron chi connectivity index (χ2n) is 9.28. The molecule has 0 bridgehead atoms. The van der Waals surface area contributed by atoms with Gasteiger partial charge in [-0.3, -0.25) is 0 Å². The van der Waals surface area contributed by atoms with E-state index in [1.54, 1.807) is 50.2 Å². The number of aliphatic hydroxyl groups excluding tert-OH is 1. The van der Waals surface area contributed by atoms with Crippen LogP contribution in [0.25, 0.3) is 11.1 Å². The van der Waals surface area contributed by atoms with E-state index in [2.05, 4.69) is 0 Å². The van der Waals surface area contributed by atoms with Crippen molar-refractivity contribution in [3.63, 3.8) is 0 Å². The molecule has 0 aromatic heterocycles. The van der Waals surface area contributed by atoms with Crippen LogP contribution in [0.3, 0.4) is 0 Å². The summed E-state index contributed by atoms with van der Waals surface area (Å²) in [5, 5.41) is 9.78. The highest BCUT2D eigenvalue weighted by atomic mass is 19.2. The molecule has 0 radical (unpaired) electrons. The number of halogens is 4. The fourth-order valence-electron chi connectivity index (χ4n) is 4.86. The molecule has 1 unspecified atom stereocenters. The van der Waals surface area contributed by atoms with E-state index < -0.39 is 23.3 Å². The van der Waals surface area contributed by atoms with E-state index in [0.717, 1.165) is 25.7 Å². The standard InChI is InChI=1S/C29H30F4O3/c1-3-35-25-15-10-21(26(30)29(25)33)16-36-22-11-8-20(9-12-22)24-14-13-23(27(31)28(24)32)19-6-4-18(5-7-19)17(2)34/h8-15,17-19,34H,3-7,16H2,1-2H3. The molecule has 3 aromatic rings. The monoisotopic (exact) mass is 502 g/mol. The maximum absolute atomic E-state index is 15.0. The summed E-state index contributed by atoms with van der Waals surface area (Å²) in [6, 6.07) is 12.3.